The Morgan fingerprint density at radius 3 is 2.79 bits per heavy atom. The lowest BCUT2D eigenvalue weighted by atomic mass is 10.2. The van der Waals surface area contributed by atoms with Gasteiger partial charge in [-0.05, 0) is 24.3 Å². The van der Waals surface area contributed by atoms with Gasteiger partial charge in [0, 0.05) is 6.20 Å². The molecule has 0 atom stereocenters. The predicted molar refractivity (Wildman–Crippen MR) is 66.9 cm³/mol. The molecule has 0 radical (unpaired) electrons. The number of ether oxygens (including phenoxy) is 1. The second-order valence-electron chi connectivity index (χ2n) is 3.68. The first kappa shape index (κ1) is 13.3. The van der Waals surface area contributed by atoms with Gasteiger partial charge in [0.1, 0.15) is 6.61 Å². The van der Waals surface area contributed by atoms with Crippen molar-refractivity contribution in [2.24, 2.45) is 0 Å². The minimum atomic E-state index is -1.05. The van der Waals surface area contributed by atoms with Crippen molar-refractivity contribution in [3.8, 4) is 5.75 Å². The van der Waals surface area contributed by atoms with E-state index in [9.17, 15) is 9.18 Å². The quantitative estimate of drug-likeness (QED) is 0.935. The van der Waals surface area contributed by atoms with Gasteiger partial charge in [-0.1, -0.05) is 17.7 Å². The summed E-state index contributed by atoms with van der Waals surface area (Å²) < 4.78 is 18.8. The molecule has 98 valence electrons. The number of carboxylic acid groups (broad SMARTS) is 1. The van der Waals surface area contributed by atoms with Crippen LogP contribution < -0.4 is 4.74 Å². The Bertz CT molecular complexity index is 601. The number of hydrogen-bond acceptors (Lipinski definition) is 3. The fourth-order valence-electron chi connectivity index (χ4n) is 1.38. The topological polar surface area (TPSA) is 59.4 Å². The van der Waals surface area contributed by atoms with Crippen LogP contribution in [-0.2, 0) is 6.61 Å². The summed E-state index contributed by atoms with van der Waals surface area (Å²) in [4.78, 5) is 14.5. The molecule has 0 fully saturated rings. The molecular weight excluding hydrogens is 273 g/mol. The number of aromatic carboxylic acids is 1. The van der Waals surface area contributed by atoms with Crippen molar-refractivity contribution in [2.45, 2.75) is 6.61 Å². The lowest BCUT2D eigenvalue weighted by Gasteiger charge is -2.07. The predicted octanol–water partition coefficient (Wildman–Crippen LogP) is 3.15. The maximum atomic E-state index is 13.5. The minimum Gasteiger partial charge on any atom is -0.484 e. The Labute approximate surface area is 113 Å². The number of aromatic nitrogens is 1. The molecule has 2 aromatic rings. The normalized spacial score (nSPS) is 10.2. The summed E-state index contributed by atoms with van der Waals surface area (Å²) in [5, 5.41) is 8.69. The first-order valence-electron chi connectivity index (χ1n) is 5.33. The highest BCUT2D eigenvalue weighted by Gasteiger charge is 2.08. The van der Waals surface area contributed by atoms with Gasteiger partial charge in [0.05, 0.1) is 16.3 Å². The monoisotopic (exact) mass is 281 g/mol. The van der Waals surface area contributed by atoms with Crippen LogP contribution in [0.3, 0.4) is 0 Å². The number of hydrogen-bond donors (Lipinski definition) is 1. The molecule has 0 saturated heterocycles. The lowest BCUT2D eigenvalue weighted by Crippen LogP contribution is -2.02. The van der Waals surface area contributed by atoms with Crippen molar-refractivity contribution in [3.05, 3.63) is 58.6 Å². The van der Waals surface area contributed by atoms with Crippen molar-refractivity contribution in [1.29, 1.82) is 0 Å². The third-order valence-electron chi connectivity index (χ3n) is 2.36. The summed E-state index contributed by atoms with van der Waals surface area (Å²) >= 11 is 5.62. The van der Waals surface area contributed by atoms with Gasteiger partial charge in [0.2, 0.25) is 0 Å². The minimum absolute atomic E-state index is 0.0216. The van der Waals surface area contributed by atoms with E-state index in [-0.39, 0.29) is 22.9 Å². The lowest BCUT2D eigenvalue weighted by molar-refractivity contribution is 0.0696. The van der Waals surface area contributed by atoms with Crippen LogP contribution in [0.2, 0.25) is 5.02 Å². The van der Waals surface area contributed by atoms with E-state index in [1.54, 1.807) is 6.07 Å². The van der Waals surface area contributed by atoms with Gasteiger partial charge in [0.15, 0.2) is 11.6 Å². The Kier molecular flexibility index (Phi) is 3.97. The van der Waals surface area contributed by atoms with E-state index in [0.717, 1.165) is 0 Å². The highest BCUT2D eigenvalue weighted by molar-refractivity contribution is 6.30. The van der Waals surface area contributed by atoms with Gasteiger partial charge in [-0.2, -0.15) is 0 Å². The number of carboxylic acids is 1. The zero-order valence-electron chi connectivity index (χ0n) is 9.64. The fourth-order valence-corrected chi connectivity index (χ4v) is 1.55. The number of pyridine rings is 1. The number of nitrogens with zero attached hydrogens (tertiary/aromatic N) is 1. The van der Waals surface area contributed by atoms with Crippen LogP contribution in [0.5, 0.6) is 5.75 Å². The van der Waals surface area contributed by atoms with Crippen LogP contribution in [0.15, 0.2) is 36.5 Å². The second kappa shape index (κ2) is 5.67. The van der Waals surface area contributed by atoms with Crippen LogP contribution in [0.4, 0.5) is 4.39 Å². The number of carbonyl (C=O) groups is 1. The molecule has 1 aromatic carbocycles. The molecule has 6 heteroatoms. The number of benzene rings is 1. The van der Waals surface area contributed by atoms with E-state index >= 15 is 0 Å². The zero-order chi connectivity index (χ0) is 13.8. The maximum Gasteiger partial charge on any atom is 0.337 e. The van der Waals surface area contributed by atoms with Crippen molar-refractivity contribution in [3.63, 3.8) is 0 Å². The maximum absolute atomic E-state index is 13.5. The summed E-state index contributed by atoms with van der Waals surface area (Å²) in [6.45, 7) is 0.0250. The molecule has 1 heterocycles. The van der Waals surface area contributed by atoms with Crippen LogP contribution in [0.1, 0.15) is 16.1 Å². The summed E-state index contributed by atoms with van der Waals surface area (Å²) in [5.41, 5.74) is 0.571. The Balaban J connectivity index is 2.06. The molecule has 0 bridgehead atoms. The van der Waals surface area contributed by atoms with Gasteiger partial charge < -0.3 is 9.84 Å². The molecule has 0 aliphatic carbocycles. The van der Waals surface area contributed by atoms with Crippen molar-refractivity contribution in [2.75, 3.05) is 0 Å². The summed E-state index contributed by atoms with van der Waals surface area (Å²) in [6, 6.07) is 7.35. The van der Waals surface area contributed by atoms with Crippen LogP contribution in [-0.4, -0.2) is 16.1 Å². The standard InChI is InChI=1S/C13H9ClFNO3/c14-10-2-1-3-11(12(10)15)19-7-9-5-4-8(6-16-9)13(17)18/h1-6H,7H2,(H,17,18). The molecule has 4 nitrogen and oxygen atoms in total. The van der Waals surface area contributed by atoms with Crippen LogP contribution in [0.25, 0.3) is 0 Å². The molecular formula is C13H9ClFNO3. The van der Waals surface area contributed by atoms with E-state index in [1.807, 2.05) is 0 Å². The third-order valence-corrected chi connectivity index (χ3v) is 2.66. The highest BCUT2D eigenvalue weighted by atomic mass is 35.5. The van der Waals surface area contributed by atoms with E-state index in [4.69, 9.17) is 21.4 Å². The molecule has 0 saturated carbocycles. The first-order chi connectivity index (χ1) is 9.08. The Morgan fingerprint density at radius 1 is 1.37 bits per heavy atom. The molecule has 2 rings (SSSR count). The highest BCUT2D eigenvalue weighted by Crippen LogP contribution is 2.24. The SMILES string of the molecule is O=C(O)c1ccc(COc2cccc(Cl)c2F)nc1. The molecule has 19 heavy (non-hydrogen) atoms. The van der Waals surface area contributed by atoms with Crippen LogP contribution in [0, 0.1) is 5.82 Å². The van der Waals surface area contributed by atoms with E-state index < -0.39 is 11.8 Å². The molecule has 0 unspecified atom stereocenters. The van der Waals surface area contributed by atoms with E-state index in [1.165, 1.54) is 30.5 Å². The van der Waals surface area contributed by atoms with Gasteiger partial charge in [0.25, 0.3) is 0 Å². The van der Waals surface area contributed by atoms with Crippen molar-refractivity contribution in [1.82, 2.24) is 4.98 Å². The molecule has 0 aliphatic heterocycles. The Morgan fingerprint density at radius 2 is 2.16 bits per heavy atom. The van der Waals surface area contributed by atoms with Gasteiger partial charge in [-0.15, -0.1) is 0 Å². The number of rotatable bonds is 4. The third kappa shape index (κ3) is 3.20. The number of halogens is 2. The Hall–Kier alpha value is -2.14. The molecule has 0 amide bonds. The molecule has 0 spiro atoms. The van der Waals surface area contributed by atoms with E-state index in [2.05, 4.69) is 4.98 Å². The van der Waals surface area contributed by atoms with Crippen molar-refractivity contribution >= 4 is 17.6 Å². The molecule has 0 aliphatic rings. The summed E-state index contributed by atoms with van der Waals surface area (Å²) in [5.74, 6) is -1.66. The average Bonchev–Trinajstić information content (AvgIpc) is 2.41. The van der Waals surface area contributed by atoms with Crippen LogP contribution >= 0.6 is 11.6 Å². The average molecular weight is 282 g/mol. The van der Waals surface area contributed by atoms with Crippen molar-refractivity contribution < 1.29 is 19.0 Å². The second-order valence-corrected chi connectivity index (χ2v) is 4.09. The zero-order valence-corrected chi connectivity index (χ0v) is 10.4. The molecule has 1 aromatic heterocycles. The van der Waals surface area contributed by atoms with Gasteiger partial charge >= 0.3 is 5.97 Å². The largest absolute Gasteiger partial charge is 0.484 e. The van der Waals surface area contributed by atoms with Gasteiger partial charge in [-0.3, -0.25) is 4.98 Å². The summed E-state index contributed by atoms with van der Waals surface area (Å²) in [6.07, 6.45) is 1.22. The van der Waals surface area contributed by atoms with Gasteiger partial charge in [-0.25, -0.2) is 9.18 Å². The fraction of sp³-hybridized carbons (Fsp3) is 0.0769. The van der Waals surface area contributed by atoms with E-state index in [0.29, 0.717) is 5.69 Å². The summed E-state index contributed by atoms with van der Waals surface area (Å²) in [7, 11) is 0. The first-order valence-corrected chi connectivity index (χ1v) is 5.71. The molecule has 1 N–H and O–H groups in total. The smallest absolute Gasteiger partial charge is 0.337 e.